The van der Waals surface area contributed by atoms with Crippen LogP contribution in [0.5, 0.6) is 5.75 Å². The number of likely N-dealkylation sites (N-methyl/N-ethyl adjacent to an activating group) is 1. The molecule has 0 N–H and O–H groups in total. The van der Waals surface area contributed by atoms with Crippen LogP contribution in [-0.4, -0.2) is 45.5 Å². The lowest BCUT2D eigenvalue weighted by atomic mass is 10.1. The minimum absolute atomic E-state index is 0.0354. The van der Waals surface area contributed by atoms with Crippen LogP contribution in [0.4, 0.5) is 0 Å². The molecule has 28 heavy (non-hydrogen) atoms. The number of aryl methyl sites for hydroxylation is 2. The summed E-state index contributed by atoms with van der Waals surface area (Å²) in [6.07, 6.45) is 3.48. The number of nitrogens with zero attached hydrogens (tertiary/aromatic N) is 4. The third kappa shape index (κ3) is 4.32. The highest BCUT2D eigenvalue weighted by Gasteiger charge is 2.15. The molecule has 6 heteroatoms. The lowest BCUT2D eigenvalue weighted by Crippen LogP contribution is -2.33. The first-order valence-electron chi connectivity index (χ1n) is 9.74. The normalized spacial score (nSPS) is 11.0. The van der Waals surface area contributed by atoms with Crippen molar-refractivity contribution < 1.29 is 9.53 Å². The van der Waals surface area contributed by atoms with Gasteiger partial charge in [0.2, 0.25) is 0 Å². The first-order chi connectivity index (χ1) is 13.5. The standard InChI is InChI=1S/C22H28N4O2/c1-5-13-26-20(24-18-9-7-12-23-22(18)26)11-14-25(4)21(27)15-28-19-10-6-8-16(2)17(19)3/h6-10,12H,5,11,13-15H2,1-4H3. The number of benzene rings is 1. The van der Waals surface area contributed by atoms with Crippen molar-refractivity contribution in [2.45, 2.75) is 40.2 Å². The van der Waals surface area contributed by atoms with Crippen LogP contribution in [0.2, 0.25) is 0 Å². The van der Waals surface area contributed by atoms with Crippen molar-refractivity contribution in [1.82, 2.24) is 19.4 Å². The summed E-state index contributed by atoms with van der Waals surface area (Å²) < 4.78 is 7.89. The van der Waals surface area contributed by atoms with Crippen LogP contribution in [0, 0.1) is 13.8 Å². The molecule has 0 aliphatic carbocycles. The van der Waals surface area contributed by atoms with Crippen molar-refractivity contribution in [2.24, 2.45) is 0 Å². The molecule has 0 atom stereocenters. The molecule has 1 amide bonds. The molecule has 0 aliphatic heterocycles. The molecule has 0 unspecified atom stereocenters. The van der Waals surface area contributed by atoms with Gasteiger partial charge in [0, 0.05) is 32.8 Å². The van der Waals surface area contributed by atoms with Crippen molar-refractivity contribution in [3.8, 4) is 5.75 Å². The van der Waals surface area contributed by atoms with Crippen LogP contribution < -0.4 is 4.74 Å². The van der Waals surface area contributed by atoms with E-state index in [4.69, 9.17) is 9.72 Å². The molecular weight excluding hydrogens is 352 g/mol. The van der Waals surface area contributed by atoms with Crippen molar-refractivity contribution >= 4 is 17.1 Å². The second-order valence-electron chi connectivity index (χ2n) is 7.08. The maximum Gasteiger partial charge on any atom is 0.260 e. The van der Waals surface area contributed by atoms with Gasteiger partial charge in [0.1, 0.15) is 17.1 Å². The number of carbonyl (C=O) groups excluding carboxylic acids is 1. The molecule has 2 aromatic heterocycles. The van der Waals surface area contributed by atoms with E-state index < -0.39 is 0 Å². The van der Waals surface area contributed by atoms with E-state index in [1.807, 2.05) is 44.2 Å². The Kier molecular flexibility index (Phi) is 6.29. The zero-order chi connectivity index (χ0) is 20.1. The third-order valence-electron chi connectivity index (χ3n) is 5.03. The van der Waals surface area contributed by atoms with Gasteiger partial charge in [-0.2, -0.15) is 0 Å². The van der Waals surface area contributed by atoms with Gasteiger partial charge in [-0.15, -0.1) is 0 Å². The minimum atomic E-state index is -0.0443. The number of amides is 1. The van der Waals surface area contributed by atoms with E-state index in [-0.39, 0.29) is 12.5 Å². The monoisotopic (exact) mass is 380 g/mol. The van der Waals surface area contributed by atoms with Crippen LogP contribution in [-0.2, 0) is 17.8 Å². The summed E-state index contributed by atoms with van der Waals surface area (Å²) in [7, 11) is 1.81. The molecule has 0 saturated carbocycles. The van der Waals surface area contributed by atoms with Crippen LogP contribution in [0.1, 0.15) is 30.3 Å². The fourth-order valence-corrected chi connectivity index (χ4v) is 3.18. The largest absolute Gasteiger partial charge is 0.483 e. The lowest BCUT2D eigenvalue weighted by molar-refractivity contribution is -0.132. The fraction of sp³-hybridized carbons (Fsp3) is 0.409. The molecule has 0 spiro atoms. The molecule has 6 nitrogen and oxygen atoms in total. The molecule has 0 saturated heterocycles. The molecule has 3 aromatic rings. The Labute approximate surface area is 166 Å². The van der Waals surface area contributed by atoms with Gasteiger partial charge in [0.25, 0.3) is 5.91 Å². The van der Waals surface area contributed by atoms with Gasteiger partial charge >= 0.3 is 0 Å². The maximum absolute atomic E-state index is 12.5. The van der Waals surface area contributed by atoms with E-state index >= 15 is 0 Å². The van der Waals surface area contributed by atoms with E-state index in [1.165, 1.54) is 0 Å². The van der Waals surface area contributed by atoms with Crippen LogP contribution >= 0.6 is 0 Å². The second kappa shape index (κ2) is 8.87. The summed E-state index contributed by atoms with van der Waals surface area (Å²) in [4.78, 5) is 23.4. The van der Waals surface area contributed by atoms with Gasteiger partial charge in [-0.05, 0) is 49.6 Å². The lowest BCUT2D eigenvalue weighted by Gasteiger charge is -2.18. The van der Waals surface area contributed by atoms with Crippen LogP contribution in [0.15, 0.2) is 36.5 Å². The average Bonchev–Trinajstić information content (AvgIpc) is 3.05. The maximum atomic E-state index is 12.5. The SMILES string of the molecule is CCCn1c(CCN(C)C(=O)COc2cccc(C)c2C)nc2cccnc21. The molecular formula is C22H28N4O2. The quantitative estimate of drug-likeness (QED) is 0.600. The molecule has 0 aliphatic rings. The highest BCUT2D eigenvalue weighted by molar-refractivity contribution is 5.77. The van der Waals surface area contributed by atoms with Gasteiger partial charge in [-0.1, -0.05) is 19.1 Å². The van der Waals surface area contributed by atoms with E-state index in [1.54, 1.807) is 18.1 Å². The van der Waals surface area contributed by atoms with E-state index in [9.17, 15) is 4.79 Å². The van der Waals surface area contributed by atoms with Crippen molar-refractivity contribution in [1.29, 1.82) is 0 Å². The average molecular weight is 380 g/mol. The van der Waals surface area contributed by atoms with Gasteiger partial charge in [-0.3, -0.25) is 4.79 Å². The van der Waals surface area contributed by atoms with Crippen molar-refractivity contribution in [3.05, 3.63) is 53.5 Å². The Morgan fingerprint density at radius 1 is 1.21 bits per heavy atom. The summed E-state index contributed by atoms with van der Waals surface area (Å²) in [5.74, 6) is 1.68. The summed E-state index contributed by atoms with van der Waals surface area (Å²) in [5, 5.41) is 0. The topological polar surface area (TPSA) is 60.2 Å². The van der Waals surface area contributed by atoms with Crippen molar-refractivity contribution in [3.63, 3.8) is 0 Å². The van der Waals surface area contributed by atoms with E-state index in [0.29, 0.717) is 13.0 Å². The Morgan fingerprint density at radius 2 is 2.04 bits per heavy atom. The molecule has 148 valence electrons. The van der Waals surface area contributed by atoms with Gasteiger partial charge < -0.3 is 14.2 Å². The second-order valence-corrected chi connectivity index (χ2v) is 7.08. The van der Waals surface area contributed by atoms with Crippen LogP contribution in [0.25, 0.3) is 11.2 Å². The Bertz CT molecular complexity index is 964. The van der Waals surface area contributed by atoms with Crippen molar-refractivity contribution in [2.75, 3.05) is 20.2 Å². The smallest absolute Gasteiger partial charge is 0.260 e. The highest BCUT2D eigenvalue weighted by atomic mass is 16.5. The Morgan fingerprint density at radius 3 is 2.82 bits per heavy atom. The first kappa shape index (κ1) is 19.9. The summed E-state index contributed by atoms with van der Waals surface area (Å²) in [6.45, 7) is 7.67. The minimum Gasteiger partial charge on any atom is -0.483 e. The number of fused-ring (bicyclic) bond motifs is 1. The number of ether oxygens (including phenoxy) is 1. The summed E-state index contributed by atoms with van der Waals surface area (Å²) >= 11 is 0. The number of rotatable bonds is 8. The summed E-state index contributed by atoms with van der Waals surface area (Å²) in [6, 6.07) is 9.75. The Balaban J connectivity index is 1.61. The van der Waals surface area contributed by atoms with Crippen LogP contribution in [0.3, 0.4) is 0 Å². The molecule has 0 radical (unpaired) electrons. The number of imidazole rings is 1. The first-order valence-corrected chi connectivity index (χ1v) is 9.74. The summed E-state index contributed by atoms with van der Waals surface area (Å²) in [5.41, 5.74) is 4.03. The molecule has 3 rings (SSSR count). The highest BCUT2D eigenvalue weighted by Crippen LogP contribution is 2.20. The zero-order valence-electron chi connectivity index (χ0n) is 17.1. The van der Waals surface area contributed by atoms with Gasteiger partial charge in [0.05, 0.1) is 0 Å². The molecule has 0 bridgehead atoms. The fourth-order valence-electron chi connectivity index (χ4n) is 3.18. The number of aromatic nitrogens is 3. The van der Waals surface area contributed by atoms with Gasteiger partial charge in [-0.25, -0.2) is 9.97 Å². The number of hydrogen-bond donors (Lipinski definition) is 0. The molecule has 0 fully saturated rings. The van der Waals surface area contributed by atoms with E-state index in [0.717, 1.165) is 46.8 Å². The number of pyridine rings is 1. The molecule has 2 heterocycles. The zero-order valence-corrected chi connectivity index (χ0v) is 17.1. The predicted octanol–water partition coefficient (Wildman–Crippen LogP) is 3.54. The Hall–Kier alpha value is -2.89. The molecule has 1 aromatic carbocycles. The van der Waals surface area contributed by atoms with Gasteiger partial charge in [0.15, 0.2) is 12.3 Å². The third-order valence-corrected chi connectivity index (χ3v) is 5.03. The number of carbonyl (C=O) groups is 1. The van der Waals surface area contributed by atoms with E-state index in [2.05, 4.69) is 16.5 Å². The number of hydrogen-bond acceptors (Lipinski definition) is 4. The predicted molar refractivity (Wildman–Crippen MR) is 111 cm³/mol.